The van der Waals surface area contributed by atoms with E-state index >= 15 is 0 Å². The number of nitrogens with zero attached hydrogens (tertiary/aromatic N) is 1. The third-order valence-corrected chi connectivity index (χ3v) is 7.11. The third-order valence-electron chi connectivity index (χ3n) is 5.54. The van der Waals surface area contributed by atoms with Crippen LogP contribution >= 0.6 is 0 Å². The van der Waals surface area contributed by atoms with Gasteiger partial charge in [-0.15, -0.1) is 0 Å². The van der Waals surface area contributed by atoms with E-state index in [4.69, 9.17) is 4.74 Å². The van der Waals surface area contributed by atoms with E-state index < -0.39 is 9.84 Å². The lowest BCUT2D eigenvalue weighted by atomic mass is 9.54. The predicted octanol–water partition coefficient (Wildman–Crippen LogP) is 2.01. The second kappa shape index (κ2) is 6.87. The smallest absolute Gasteiger partial charge is 0.237 e. The van der Waals surface area contributed by atoms with Crippen LogP contribution in [-0.4, -0.2) is 56.5 Å². The molecule has 0 saturated heterocycles. The summed E-state index contributed by atoms with van der Waals surface area (Å²) in [5.41, 5.74) is 0.0502. The third kappa shape index (κ3) is 3.32. The van der Waals surface area contributed by atoms with E-state index in [1.807, 2.05) is 6.92 Å². The van der Waals surface area contributed by atoms with Crippen LogP contribution in [0.1, 0.15) is 52.4 Å². The van der Waals surface area contributed by atoms with Crippen molar-refractivity contribution in [2.45, 2.75) is 64.5 Å². The molecule has 2 rings (SSSR count). The fraction of sp³-hybridized carbons (Fsp3) is 0.938. The first kappa shape index (κ1) is 17.7. The van der Waals surface area contributed by atoms with Crippen molar-refractivity contribution >= 4 is 15.7 Å². The van der Waals surface area contributed by atoms with Crippen LogP contribution in [0, 0.1) is 5.41 Å². The number of carbonyl (C=O) groups excluding carboxylic acids is 1. The van der Waals surface area contributed by atoms with E-state index in [1.54, 1.807) is 18.9 Å². The molecule has 0 bridgehead atoms. The van der Waals surface area contributed by atoms with Crippen LogP contribution in [0.4, 0.5) is 0 Å². The van der Waals surface area contributed by atoms with Gasteiger partial charge in [0.1, 0.15) is 5.75 Å². The Balaban J connectivity index is 2.08. The molecule has 0 aromatic rings. The van der Waals surface area contributed by atoms with Crippen LogP contribution in [0.5, 0.6) is 0 Å². The molecule has 0 N–H and O–H groups in total. The van der Waals surface area contributed by atoms with Gasteiger partial charge < -0.3 is 9.64 Å². The molecule has 0 radical (unpaired) electrons. The molecule has 1 spiro atoms. The standard InChI is InChI=1S/C16H29NO4S/c1-4-21-14-11-13(16(14)9-7-6-8-10-16)17(3)15(18)12-22(19,20)5-2/h13-14H,4-12H2,1-3H3/t13-,14+/m0/s1. The van der Waals surface area contributed by atoms with Crippen molar-refractivity contribution in [3.05, 3.63) is 0 Å². The molecule has 0 heterocycles. The molecule has 1 amide bonds. The van der Waals surface area contributed by atoms with Gasteiger partial charge in [0.25, 0.3) is 0 Å². The molecule has 128 valence electrons. The highest BCUT2D eigenvalue weighted by molar-refractivity contribution is 7.92. The van der Waals surface area contributed by atoms with Crippen molar-refractivity contribution in [3.63, 3.8) is 0 Å². The maximum absolute atomic E-state index is 12.3. The monoisotopic (exact) mass is 331 g/mol. The fourth-order valence-electron chi connectivity index (χ4n) is 4.14. The molecule has 0 aromatic carbocycles. The maximum atomic E-state index is 12.3. The number of hydrogen-bond acceptors (Lipinski definition) is 4. The number of carbonyl (C=O) groups is 1. The molecular weight excluding hydrogens is 302 g/mol. The van der Waals surface area contributed by atoms with Gasteiger partial charge in [-0.2, -0.15) is 0 Å². The van der Waals surface area contributed by atoms with Crippen molar-refractivity contribution in [1.82, 2.24) is 4.90 Å². The van der Waals surface area contributed by atoms with Crippen molar-refractivity contribution in [2.24, 2.45) is 5.41 Å². The maximum Gasteiger partial charge on any atom is 0.237 e. The predicted molar refractivity (Wildman–Crippen MR) is 86.4 cm³/mol. The topological polar surface area (TPSA) is 63.7 Å². The van der Waals surface area contributed by atoms with Crippen molar-refractivity contribution in [1.29, 1.82) is 0 Å². The molecule has 22 heavy (non-hydrogen) atoms. The molecule has 2 aliphatic rings. The summed E-state index contributed by atoms with van der Waals surface area (Å²) in [4.78, 5) is 14.0. The minimum absolute atomic E-state index is 0.0178. The summed E-state index contributed by atoms with van der Waals surface area (Å²) in [5, 5.41) is 0. The Morgan fingerprint density at radius 2 is 1.86 bits per heavy atom. The molecule has 2 fully saturated rings. The summed E-state index contributed by atoms with van der Waals surface area (Å²) in [6.07, 6.45) is 6.82. The zero-order valence-electron chi connectivity index (χ0n) is 14.0. The van der Waals surface area contributed by atoms with E-state index in [0.717, 1.165) is 19.3 Å². The first-order chi connectivity index (χ1) is 10.4. The summed E-state index contributed by atoms with van der Waals surface area (Å²) >= 11 is 0. The van der Waals surface area contributed by atoms with Crippen molar-refractivity contribution in [2.75, 3.05) is 25.2 Å². The van der Waals surface area contributed by atoms with Crippen LogP contribution in [0.3, 0.4) is 0 Å². The lowest BCUT2D eigenvalue weighted by molar-refractivity contribution is -0.183. The number of hydrogen-bond donors (Lipinski definition) is 0. The molecule has 5 nitrogen and oxygen atoms in total. The summed E-state index contributed by atoms with van der Waals surface area (Å²) in [6, 6.07) is 0.129. The number of ether oxygens (including phenoxy) is 1. The van der Waals surface area contributed by atoms with Gasteiger partial charge in [-0.3, -0.25) is 4.79 Å². The van der Waals surface area contributed by atoms with Gasteiger partial charge in [0, 0.05) is 30.9 Å². The van der Waals surface area contributed by atoms with E-state index in [9.17, 15) is 13.2 Å². The molecule has 0 unspecified atom stereocenters. The Bertz CT molecular complexity index is 496. The first-order valence-electron chi connectivity index (χ1n) is 8.44. The lowest BCUT2D eigenvalue weighted by Crippen LogP contribution is -2.66. The number of amides is 1. The molecule has 2 atom stereocenters. The normalized spacial score (nSPS) is 27.4. The van der Waals surface area contributed by atoms with Crippen LogP contribution in [0.25, 0.3) is 0 Å². The molecule has 0 aromatic heterocycles. The highest BCUT2D eigenvalue weighted by Gasteiger charge is 2.57. The van der Waals surface area contributed by atoms with Gasteiger partial charge in [-0.25, -0.2) is 8.42 Å². The molecular formula is C16H29NO4S. The van der Waals surface area contributed by atoms with Gasteiger partial charge in [-0.1, -0.05) is 26.2 Å². The fourth-order valence-corrected chi connectivity index (χ4v) is 4.92. The lowest BCUT2D eigenvalue weighted by Gasteiger charge is -2.60. The minimum atomic E-state index is -3.27. The quantitative estimate of drug-likeness (QED) is 0.747. The van der Waals surface area contributed by atoms with Crippen LogP contribution < -0.4 is 0 Å². The van der Waals surface area contributed by atoms with Gasteiger partial charge in [-0.05, 0) is 26.2 Å². The Labute approximate surface area is 134 Å². The van der Waals surface area contributed by atoms with Crippen molar-refractivity contribution < 1.29 is 17.9 Å². The average Bonchev–Trinajstić information content (AvgIpc) is 2.51. The molecule has 0 aliphatic heterocycles. The van der Waals surface area contributed by atoms with E-state index in [-0.39, 0.29) is 35.0 Å². The van der Waals surface area contributed by atoms with E-state index in [1.165, 1.54) is 19.3 Å². The molecule has 6 heteroatoms. The Morgan fingerprint density at radius 1 is 1.23 bits per heavy atom. The molecule has 2 saturated carbocycles. The second-order valence-corrected chi connectivity index (χ2v) is 9.02. The van der Waals surface area contributed by atoms with E-state index in [2.05, 4.69) is 0 Å². The van der Waals surface area contributed by atoms with Crippen molar-refractivity contribution in [3.8, 4) is 0 Å². The van der Waals surface area contributed by atoms with E-state index in [0.29, 0.717) is 6.61 Å². The Morgan fingerprint density at radius 3 is 2.41 bits per heavy atom. The summed E-state index contributed by atoms with van der Waals surface area (Å²) in [6.45, 7) is 4.28. The van der Waals surface area contributed by atoms with Gasteiger partial charge >= 0.3 is 0 Å². The summed E-state index contributed by atoms with van der Waals surface area (Å²) in [7, 11) is -1.51. The van der Waals surface area contributed by atoms with Crippen LogP contribution in [0.2, 0.25) is 0 Å². The van der Waals surface area contributed by atoms with Gasteiger partial charge in [0.2, 0.25) is 5.91 Å². The zero-order chi connectivity index (χ0) is 16.4. The van der Waals surface area contributed by atoms with Crippen LogP contribution in [0.15, 0.2) is 0 Å². The first-order valence-corrected chi connectivity index (χ1v) is 10.3. The summed E-state index contributed by atoms with van der Waals surface area (Å²) in [5.74, 6) is -0.623. The largest absolute Gasteiger partial charge is 0.378 e. The summed E-state index contributed by atoms with van der Waals surface area (Å²) < 4.78 is 29.3. The number of sulfone groups is 1. The van der Waals surface area contributed by atoms with Gasteiger partial charge in [0.15, 0.2) is 9.84 Å². The average molecular weight is 331 g/mol. The van der Waals surface area contributed by atoms with Gasteiger partial charge in [0.05, 0.1) is 6.10 Å². The minimum Gasteiger partial charge on any atom is -0.378 e. The number of rotatable bonds is 6. The second-order valence-electron chi connectivity index (χ2n) is 6.67. The SMILES string of the molecule is CCO[C@@H]1C[C@H](N(C)C(=O)CS(=O)(=O)CC)C12CCCCC2. The Hall–Kier alpha value is -0.620. The van der Waals surface area contributed by atoms with Crippen LogP contribution in [-0.2, 0) is 19.4 Å². The zero-order valence-corrected chi connectivity index (χ0v) is 14.8. The highest BCUT2D eigenvalue weighted by atomic mass is 32.2. The highest BCUT2D eigenvalue weighted by Crippen LogP contribution is 2.55. The Kier molecular flexibility index (Phi) is 5.54. The molecule has 2 aliphatic carbocycles.